The number of hydrogen-bond acceptors (Lipinski definition) is 2. The van der Waals surface area contributed by atoms with E-state index >= 15 is 0 Å². The van der Waals surface area contributed by atoms with Gasteiger partial charge in [-0.25, -0.2) is 0 Å². The van der Waals surface area contributed by atoms with Crippen LogP contribution in [0.5, 0.6) is 0 Å². The highest BCUT2D eigenvalue weighted by atomic mass is 16.3. The van der Waals surface area contributed by atoms with Crippen LogP contribution in [0.15, 0.2) is 179 Å². The van der Waals surface area contributed by atoms with Gasteiger partial charge in [0, 0.05) is 21.5 Å². The van der Waals surface area contributed by atoms with Crippen LogP contribution in [0.25, 0.3) is 110 Å². The zero-order valence-electron chi connectivity index (χ0n) is 27.0. The van der Waals surface area contributed by atoms with Crippen LogP contribution in [-0.4, -0.2) is 0 Å². The first-order valence-corrected chi connectivity index (χ1v) is 17.1. The first-order valence-electron chi connectivity index (χ1n) is 17.1. The van der Waals surface area contributed by atoms with E-state index in [1.807, 2.05) is 18.2 Å². The molecule has 11 aromatic rings. The highest BCUT2D eigenvalue weighted by Gasteiger charge is 2.20. The average molecular weight is 637 g/mol. The highest BCUT2D eigenvalue weighted by molar-refractivity contribution is 6.24. The first kappa shape index (κ1) is 27.3. The zero-order chi connectivity index (χ0) is 32.8. The van der Waals surface area contributed by atoms with Gasteiger partial charge in [-0.15, -0.1) is 0 Å². The van der Waals surface area contributed by atoms with E-state index in [9.17, 15) is 0 Å². The monoisotopic (exact) mass is 636 g/mol. The molecule has 0 radical (unpaired) electrons. The second kappa shape index (κ2) is 10.4. The summed E-state index contributed by atoms with van der Waals surface area (Å²) in [6.07, 6.45) is 0. The predicted octanol–water partition coefficient (Wildman–Crippen LogP) is 13.9. The summed E-state index contributed by atoms with van der Waals surface area (Å²) in [6, 6.07) is 61.0. The molecule has 0 spiro atoms. The predicted molar refractivity (Wildman–Crippen MR) is 210 cm³/mol. The molecule has 0 saturated carbocycles. The van der Waals surface area contributed by atoms with Crippen molar-refractivity contribution < 1.29 is 8.83 Å². The summed E-state index contributed by atoms with van der Waals surface area (Å²) in [4.78, 5) is 0. The normalized spacial score (nSPS) is 12.0. The number of benzene rings is 9. The van der Waals surface area contributed by atoms with Crippen LogP contribution >= 0.6 is 0 Å². The Hall–Kier alpha value is -6.64. The fourth-order valence-electron chi connectivity index (χ4n) is 8.27. The molecule has 9 aromatic carbocycles. The van der Waals surface area contributed by atoms with Crippen LogP contribution in [0.3, 0.4) is 0 Å². The van der Waals surface area contributed by atoms with Crippen LogP contribution < -0.4 is 0 Å². The molecule has 50 heavy (non-hydrogen) atoms. The second-order valence-electron chi connectivity index (χ2n) is 13.2. The quantitative estimate of drug-likeness (QED) is 0.180. The van der Waals surface area contributed by atoms with E-state index < -0.39 is 0 Å². The van der Waals surface area contributed by atoms with E-state index in [0.717, 1.165) is 49.4 Å². The van der Waals surface area contributed by atoms with E-state index in [2.05, 4.69) is 152 Å². The molecule has 0 aliphatic carbocycles. The lowest BCUT2D eigenvalue weighted by molar-refractivity contribution is 0.664. The fourth-order valence-corrected chi connectivity index (χ4v) is 8.27. The van der Waals surface area contributed by atoms with Gasteiger partial charge in [0.15, 0.2) is 0 Å². The van der Waals surface area contributed by atoms with Crippen molar-refractivity contribution in [3.05, 3.63) is 170 Å². The Balaban J connectivity index is 1.14. The van der Waals surface area contributed by atoms with E-state index in [1.165, 1.54) is 60.1 Å². The van der Waals surface area contributed by atoms with E-state index in [1.54, 1.807) is 0 Å². The van der Waals surface area contributed by atoms with Crippen LogP contribution in [0.4, 0.5) is 0 Å². The third-order valence-electron chi connectivity index (χ3n) is 10.5. The topological polar surface area (TPSA) is 26.3 Å². The minimum absolute atomic E-state index is 0.870. The lowest BCUT2D eigenvalue weighted by Gasteiger charge is -2.19. The molecule has 0 aliphatic heterocycles. The molecule has 0 saturated heterocycles. The van der Waals surface area contributed by atoms with Crippen molar-refractivity contribution in [2.75, 3.05) is 0 Å². The highest BCUT2D eigenvalue weighted by Crippen LogP contribution is 2.47. The van der Waals surface area contributed by atoms with Gasteiger partial charge < -0.3 is 8.83 Å². The molecule has 2 aromatic heterocycles. The molecule has 0 fully saturated rings. The van der Waals surface area contributed by atoms with Gasteiger partial charge in [0.1, 0.15) is 22.3 Å². The third kappa shape index (κ3) is 3.90. The largest absolute Gasteiger partial charge is 0.456 e. The number of para-hydroxylation sites is 1. The van der Waals surface area contributed by atoms with Crippen molar-refractivity contribution in [2.45, 2.75) is 0 Å². The fraction of sp³-hybridized carbons (Fsp3) is 0. The maximum Gasteiger partial charge on any atom is 0.136 e. The SMILES string of the molecule is c1ccc(-c2c3ccccc3c(-c3ccc(-c4ccc5oc6cc7c(cc6c5c4)oc4ccccc47)c4ccccc34)c3ccccc23)cc1. The molecule has 0 N–H and O–H groups in total. The van der Waals surface area contributed by atoms with Crippen molar-refractivity contribution in [3.63, 3.8) is 0 Å². The summed E-state index contributed by atoms with van der Waals surface area (Å²) < 4.78 is 12.7. The standard InChI is InChI=1S/C48H28O2/c1-2-12-29(13-3-1)47-35-17-6-8-19-37(35)48(38-20-9-7-18-36(38)47)39-24-23-31(32-14-4-5-15-33(32)39)30-22-25-44-40(26-30)42-28-45-41(27-46(42)50-44)34-16-10-11-21-43(34)49-45/h1-28H. The summed E-state index contributed by atoms with van der Waals surface area (Å²) in [5.41, 5.74) is 10.9. The summed E-state index contributed by atoms with van der Waals surface area (Å²) in [5.74, 6) is 0. The number of hydrogen-bond donors (Lipinski definition) is 0. The average Bonchev–Trinajstić information content (AvgIpc) is 3.72. The smallest absolute Gasteiger partial charge is 0.136 e. The van der Waals surface area contributed by atoms with Crippen molar-refractivity contribution in [1.82, 2.24) is 0 Å². The number of fused-ring (bicyclic) bond motifs is 9. The Kier molecular flexibility index (Phi) is 5.70. The van der Waals surface area contributed by atoms with Gasteiger partial charge in [0.05, 0.1) is 0 Å². The van der Waals surface area contributed by atoms with Crippen LogP contribution in [0.1, 0.15) is 0 Å². The molecule has 0 amide bonds. The lowest BCUT2D eigenvalue weighted by atomic mass is 9.84. The minimum Gasteiger partial charge on any atom is -0.456 e. The summed E-state index contributed by atoms with van der Waals surface area (Å²) in [6.45, 7) is 0. The Morgan fingerprint density at radius 2 is 0.700 bits per heavy atom. The van der Waals surface area contributed by atoms with Crippen molar-refractivity contribution in [2.24, 2.45) is 0 Å². The molecule has 2 heteroatoms. The Bertz CT molecular complexity index is 3080. The molecule has 0 unspecified atom stereocenters. The Morgan fingerprint density at radius 1 is 0.240 bits per heavy atom. The van der Waals surface area contributed by atoms with E-state index in [4.69, 9.17) is 8.83 Å². The van der Waals surface area contributed by atoms with Crippen molar-refractivity contribution >= 4 is 76.2 Å². The molecule has 11 rings (SSSR count). The first-order chi connectivity index (χ1) is 24.8. The maximum absolute atomic E-state index is 6.42. The lowest BCUT2D eigenvalue weighted by Crippen LogP contribution is -1.92. The van der Waals surface area contributed by atoms with Crippen LogP contribution in [-0.2, 0) is 0 Å². The van der Waals surface area contributed by atoms with E-state index in [0.29, 0.717) is 0 Å². The Morgan fingerprint density at radius 3 is 1.36 bits per heavy atom. The van der Waals surface area contributed by atoms with Crippen LogP contribution in [0.2, 0.25) is 0 Å². The summed E-state index contributed by atoms with van der Waals surface area (Å²) in [7, 11) is 0. The van der Waals surface area contributed by atoms with Crippen molar-refractivity contribution in [1.29, 1.82) is 0 Å². The molecular weight excluding hydrogens is 609 g/mol. The molecule has 2 nitrogen and oxygen atoms in total. The van der Waals surface area contributed by atoms with Gasteiger partial charge in [0.2, 0.25) is 0 Å². The zero-order valence-corrected chi connectivity index (χ0v) is 27.0. The van der Waals surface area contributed by atoms with Gasteiger partial charge in [-0.3, -0.25) is 0 Å². The number of rotatable bonds is 3. The molecule has 0 bridgehead atoms. The summed E-state index contributed by atoms with van der Waals surface area (Å²) in [5, 5.41) is 11.8. The van der Waals surface area contributed by atoms with E-state index in [-0.39, 0.29) is 0 Å². The Labute approximate surface area is 287 Å². The molecule has 232 valence electrons. The summed E-state index contributed by atoms with van der Waals surface area (Å²) >= 11 is 0. The van der Waals surface area contributed by atoms with Gasteiger partial charge >= 0.3 is 0 Å². The van der Waals surface area contributed by atoms with Gasteiger partial charge in [-0.2, -0.15) is 0 Å². The molecule has 0 atom stereocenters. The molecule has 2 heterocycles. The second-order valence-corrected chi connectivity index (χ2v) is 13.2. The molecule has 0 aliphatic rings. The van der Waals surface area contributed by atoms with Gasteiger partial charge in [0.25, 0.3) is 0 Å². The maximum atomic E-state index is 6.42. The van der Waals surface area contributed by atoms with Gasteiger partial charge in [-0.1, -0.05) is 140 Å². The van der Waals surface area contributed by atoms with Gasteiger partial charge in [-0.05, 0) is 96.0 Å². The number of furan rings is 2. The third-order valence-corrected chi connectivity index (χ3v) is 10.5. The van der Waals surface area contributed by atoms with Crippen molar-refractivity contribution in [3.8, 4) is 33.4 Å². The molecular formula is C48H28O2. The van der Waals surface area contributed by atoms with Crippen LogP contribution in [0, 0.1) is 0 Å². The minimum atomic E-state index is 0.870.